The van der Waals surface area contributed by atoms with Gasteiger partial charge >= 0.3 is 0 Å². The molecule has 0 aliphatic carbocycles. The first-order chi connectivity index (χ1) is 8.79. The number of carbonyl (C=O) groups is 1. The Kier molecular flexibility index (Phi) is 5.47. The number of hydrogen-bond acceptors (Lipinski definition) is 3. The van der Waals surface area contributed by atoms with E-state index in [2.05, 4.69) is 5.32 Å². The van der Waals surface area contributed by atoms with Crippen LogP contribution in [0.4, 0.5) is 4.39 Å². The van der Waals surface area contributed by atoms with Gasteiger partial charge in [0, 0.05) is 18.7 Å². The number of hydrogen-bond donors (Lipinski definition) is 1. The summed E-state index contributed by atoms with van der Waals surface area (Å²) in [4.78, 5) is 11.7. The lowest BCUT2D eigenvalue weighted by atomic mass is 10.00. The van der Waals surface area contributed by atoms with Gasteiger partial charge < -0.3 is 5.32 Å². The summed E-state index contributed by atoms with van der Waals surface area (Å²) in [5.41, 5.74) is 0.480. The lowest BCUT2D eigenvalue weighted by molar-refractivity contribution is -0.124. The molecular weight excluding hydrogens is 269 g/mol. The summed E-state index contributed by atoms with van der Waals surface area (Å²) >= 11 is 0. The topological polar surface area (TPSA) is 63.2 Å². The first-order valence-electron chi connectivity index (χ1n) is 5.98. The first-order valence-corrected chi connectivity index (χ1v) is 8.04. The maximum atomic E-state index is 13.4. The van der Waals surface area contributed by atoms with Crippen molar-refractivity contribution in [2.75, 3.05) is 18.6 Å². The summed E-state index contributed by atoms with van der Waals surface area (Å²) in [6.07, 6.45) is 1.40. The van der Waals surface area contributed by atoms with Crippen molar-refractivity contribution in [3.63, 3.8) is 0 Å². The monoisotopic (exact) mass is 287 g/mol. The van der Waals surface area contributed by atoms with Crippen LogP contribution < -0.4 is 5.32 Å². The molecule has 0 aromatic heterocycles. The van der Waals surface area contributed by atoms with E-state index in [1.54, 1.807) is 25.1 Å². The third-order valence-electron chi connectivity index (χ3n) is 2.70. The summed E-state index contributed by atoms with van der Waals surface area (Å²) in [6.45, 7) is 1.77. The second-order valence-electron chi connectivity index (χ2n) is 4.62. The van der Waals surface area contributed by atoms with Crippen LogP contribution in [0.25, 0.3) is 0 Å². The van der Waals surface area contributed by atoms with Gasteiger partial charge in [0.2, 0.25) is 5.91 Å². The number of sulfone groups is 1. The molecule has 0 saturated carbocycles. The molecule has 0 aliphatic heterocycles. The molecule has 0 radical (unpaired) electrons. The summed E-state index contributed by atoms with van der Waals surface area (Å²) in [5.74, 6) is -1.10. The zero-order chi connectivity index (χ0) is 14.5. The zero-order valence-corrected chi connectivity index (χ0v) is 11.8. The predicted molar refractivity (Wildman–Crippen MR) is 72.0 cm³/mol. The van der Waals surface area contributed by atoms with E-state index in [1.165, 1.54) is 6.07 Å². The maximum Gasteiger partial charge on any atom is 0.223 e. The quantitative estimate of drug-likeness (QED) is 0.854. The van der Waals surface area contributed by atoms with Crippen molar-refractivity contribution < 1.29 is 17.6 Å². The maximum absolute atomic E-state index is 13.4. The second-order valence-corrected chi connectivity index (χ2v) is 6.88. The third kappa shape index (κ3) is 5.83. The van der Waals surface area contributed by atoms with E-state index >= 15 is 0 Å². The fourth-order valence-electron chi connectivity index (χ4n) is 1.62. The third-order valence-corrected chi connectivity index (χ3v) is 3.65. The molecule has 106 valence electrons. The SMILES string of the molecule is CC(Cc1ccccc1F)C(=O)NCCS(C)(=O)=O. The van der Waals surface area contributed by atoms with Crippen molar-refractivity contribution in [1.29, 1.82) is 0 Å². The van der Waals surface area contributed by atoms with Gasteiger partial charge in [-0.25, -0.2) is 12.8 Å². The Balaban J connectivity index is 2.47. The van der Waals surface area contributed by atoms with E-state index in [0.29, 0.717) is 5.56 Å². The molecule has 1 unspecified atom stereocenters. The number of nitrogens with one attached hydrogen (secondary N) is 1. The summed E-state index contributed by atoms with van der Waals surface area (Å²) < 4.78 is 35.2. The van der Waals surface area contributed by atoms with Gasteiger partial charge in [-0.3, -0.25) is 4.79 Å². The molecule has 1 N–H and O–H groups in total. The van der Waals surface area contributed by atoms with Crippen LogP contribution in [0.15, 0.2) is 24.3 Å². The van der Waals surface area contributed by atoms with Crippen LogP contribution >= 0.6 is 0 Å². The highest BCUT2D eigenvalue weighted by atomic mass is 32.2. The minimum atomic E-state index is -3.09. The lowest BCUT2D eigenvalue weighted by Gasteiger charge is -2.12. The highest BCUT2D eigenvalue weighted by Gasteiger charge is 2.15. The molecule has 1 aromatic rings. The van der Waals surface area contributed by atoms with Crippen molar-refractivity contribution in [2.45, 2.75) is 13.3 Å². The molecule has 19 heavy (non-hydrogen) atoms. The summed E-state index contributed by atoms with van der Waals surface area (Å²) in [6, 6.07) is 6.29. The highest BCUT2D eigenvalue weighted by molar-refractivity contribution is 7.90. The molecule has 0 aliphatic rings. The molecule has 0 spiro atoms. The largest absolute Gasteiger partial charge is 0.355 e. The van der Waals surface area contributed by atoms with Crippen molar-refractivity contribution in [3.05, 3.63) is 35.6 Å². The Bertz CT molecular complexity index is 543. The number of benzene rings is 1. The lowest BCUT2D eigenvalue weighted by Crippen LogP contribution is -2.33. The van der Waals surface area contributed by atoms with Crippen molar-refractivity contribution in [2.24, 2.45) is 5.92 Å². The average molecular weight is 287 g/mol. The minimum Gasteiger partial charge on any atom is -0.355 e. The van der Waals surface area contributed by atoms with Gasteiger partial charge in [0.25, 0.3) is 0 Å². The average Bonchev–Trinajstić information content (AvgIpc) is 2.30. The molecule has 0 heterocycles. The van der Waals surface area contributed by atoms with E-state index in [4.69, 9.17) is 0 Å². The van der Waals surface area contributed by atoms with Crippen LogP contribution in [0.3, 0.4) is 0 Å². The Morgan fingerprint density at radius 3 is 2.58 bits per heavy atom. The molecule has 6 heteroatoms. The molecule has 1 atom stereocenters. The molecule has 0 bridgehead atoms. The number of halogens is 1. The fourth-order valence-corrected chi connectivity index (χ4v) is 2.09. The molecule has 0 saturated heterocycles. The van der Waals surface area contributed by atoms with E-state index in [9.17, 15) is 17.6 Å². The van der Waals surface area contributed by atoms with Crippen molar-refractivity contribution >= 4 is 15.7 Å². The van der Waals surface area contributed by atoms with Crippen LogP contribution in [0, 0.1) is 11.7 Å². The van der Waals surface area contributed by atoms with Gasteiger partial charge in [0.05, 0.1) is 5.75 Å². The first kappa shape index (κ1) is 15.6. The highest BCUT2D eigenvalue weighted by Crippen LogP contribution is 2.12. The van der Waals surface area contributed by atoms with Crippen molar-refractivity contribution in [1.82, 2.24) is 5.32 Å². The van der Waals surface area contributed by atoms with Crippen LogP contribution in [-0.2, 0) is 21.1 Å². The Morgan fingerprint density at radius 2 is 2.00 bits per heavy atom. The van der Waals surface area contributed by atoms with Crippen LogP contribution in [0.2, 0.25) is 0 Å². The van der Waals surface area contributed by atoms with Gasteiger partial charge in [-0.1, -0.05) is 25.1 Å². The Hall–Kier alpha value is -1.43. The van der Waals surface area contributed by atoms with Gasteiger partial charge in [-0.2, -0.15) is 0 Å². The Labute approximate surface area is 112 Å². The van der Waals surface area contributed by atoms with Crippen LogP contribution in [0.1, 0.15) is 12.5 Å². The molecule has 4 nitrogen and oxygen atoms in total. The van der Waals surface area contributed by atoms with E-state index in [1.807, 2.05) is 0 Å². The van der Waals surface area contributed by atoms with Crippen LogP contribution in [0.5, 0.6) is 0 Å². The molecule has 0 fully saturated rings. The van der Waals surface area contributed by atoms with Gasteiger partial charge in [-0.05, 0) is 18.1 Å². The smallest absolute Gasteiger partial charge is 0.223 e. The fraction of sp³-hybridized carbons (Fsp3) is 0.462. The molecule has 1 rings (SSSR count). The van der Waals surface area contributed by atoms with Gasteiger partial charge in [0.1, 0.15) is 15.7 Å². The zero-order valence-electron chi connectivity index (χ0n) is 11.0. The molecule has 1 amide bonds. The van der Waals surface area contributed by atoms with Crippen molar-refractivity contribution in [3.8, 4) is 0 Å². The summed E-state index contributed by atoms with van der Waals surface area (Å²) in [5, 5.41) is 2.54. The Morgan fingerprint density at radius 1 is 1.37 bits per heavy atom. The van der Waals surface area contributed by atoms with Gasteiger partial charge in [-0.15, -0.1) is 0 Å². The standard InChI is InChI=1S/C13H18FNO3S/c1-10(9-11-5-3-4-6-12(11)14)13(16)15-7-8-19(2,17)18/h3-6,10H,7-9H2,1-2H3,(H,15,16). The normalized spacial score (nSPS) is 13.0. The predicted octanol–water partition coefficient (Wildman–Crippen LogP) is 1.17. The number of rotatable bonds is 6. The van der Waals surface area contributed by atoms with E-state index < -0.39 is 15.8 Å². The van der Waals surface area contributed by atoms with Crippen LogP contribution in [-0.4, -0.2) is 32.9 Å². The molecular formula is C13H18FNO3S. The van der Waals surface area contributed by atoms with E-state index in [-0.39, 0.29) is 30.4 Å². The van der Waals surface area contributed by atoms with E-state index in [0.717, 1.165) is 6.26 Å². The second kappa shape index (κ2) is 6.65. The van der Waals surface area contributed by atoms with Gasteiger partial charge in [0.15, 0.2) is 0 Å². The number of amides is 1. The summed E-state index contributed by atoms with van der Waals surface area (Å²) in [7, 11) is -3.09. The number of carbonyl (C=O) groups excluding carboxylic acids is 1. The molecule has 1 aromatic carbocycles. The minimum absolute atomic E-state index is 0.0826.